The molecule has 0 amide bonds. The first kappa shape index (κ1) is 24.7. The van der Waals surface area contributed by atoms with E-state index in [1.807, 2.05) is 6.07 Å². The van der Waals surface area contributed by atoms with Crippen LogP contribution in [0.3, 0.4) is 0 Å². The van der Waals surface area contributed by atoms with Crippen molar-refractivity contribution in [1.82, 2.24) is 19.5 Å². The Morgan fingerprint density at radius 1 is 0.941 bits per heavy atom. The first-order valence-corrected chi connectivity index (χ1v) is 13.5. The van der Waals surface area contributed by atoms with Gasteiger partial charge in [-0.1, -0.05) is 77.4 Å². The number of hydrogen-bond acceptors (Lipinski definition) is 5. The van der Waals surface area contributed by atoms with Gasteiger partial charge >= 0.3 is 0 Å². The minimum Gasteiger partial charge on any atom is -0.271 e. The summed E-state index contributed by atoms with van der Waals surface area (Å²) >= 11 is 14.0. The van der Waals surface area contributed by atoms with Crippen molar-refractivity contribution in [2.75, 3.05) is 0 Å². The van der Waals surface area contributed by atoms with Gasteiger partial charge in [-0.25, -0.2) is 17.5 Å². The van der Waals surface area contributed by atoms with Crippen LogP contribution in [-0.4, -0.2) is 23.2 Å². The first-order valence-electron chi connectivity index (χ1n) is 10.1. The third kappa shape index (κ3) is 6.37. The minimum atomic E-state index is -3.63. The molecule has 0 bridgehead atoms. The minimum absolute atomic E-state index is 0.0951. The summed E-state index contributed by atoms with van der Waals surface area (Å²) < 4.78 is 42.8. The average Bonchev–Trinajstić information content (AvgIpc) is 3.22. The number of nitrogens with zero attached hydrogens (tertiary/aromatic N) is 3. The summed E-state index contributed by atoms with van der Waals surface area (Å²) in [6, 6.07) is 20.0. The number of thioether (sulfide) groups is 1. The lowest BCUT2D eigenvalue weighted by atomic mass is 10.2. The smallest absolute Gasteiger partial charge is 0.216 e. The fourth-order valence-corrected chi connectivity index (χ4v) is 5.53. The normalized spacial score (nSPS) is 11.6. The van der Waals surface area contributed by atoms with Crippen LogP contribution in [0.2, 0.25) is 10.0 Å². The molecule has 0 saturated carbocycles. The highest BCUT2D eigenvalue weighted by Crippen LogP contribution is 2.31. The van der Waals surface area contributed by atoms with Gasteiger partial charge in [0.15, 0.2) is 11.0 Å². The van der Waals surface area contributed by atoms with Crippen molar-refractivity contribution in [1.29, 1.82) is 0 Å². The molecule has 34 heavy (non-hydrogen) atoms. The standard InChI is InChI=1S/C23H19Cl2FN4O2S2/c24-18-8-11-20(25)21(12-18)30-22(13-27-34(31,32)15-17-4-2-1-3-5-17)28-29-23(30)33-14-16-6-9-19(26)10-7-16/h1-12,27H,13-15H2. The van der Waals surface area contributed by atoms with E-state index in [-0.39, 0.29) is 18.1 Å². The van der Waals surface area contributed by atoms with Crippen LogP contribution in [0.1, 0.15) is 17.0 Å². The number of halogens is 3. The van der Waals surface area contributed by atoms with Gasteiger partial charge in [-0.3, -0.25) is 4.57 Å². The van der Waals surface area contributed by atoms with Gasteiger partial charge in [0.05, 0.1) is 23.0 Å². The molecule has 4 aromatic rings. The van der Waals surface area contributed by atoms with Gasteiger partial charge in [0.2, 0.25) is 10.0 Å². The maximum Gasteiger partial charge on any atom is 0.216 e. The van der Waals surface area contributed by atoms with Crippen molar-refractivity contribution in [2.24, 2.45) is 0 Å². The molecular formula is C23H19Cl2FN4O2S2. The third-order valence-corrected chi connectivity index (χ3v) is 7.63. The van der Waals surface area contributed by atoms with E-state index in [0.29, 0.717) is 38.0 Å². The number of nitrogens with one attached hydrogen (secondary N) is 1. The second-order valence-corrected chi connectivity index (χ2v) is 10.9. The van der Waals surface area contributed by atoms with Gasteiger partial charge in [-0.2, -0.15) is 0 Å². The maximum atomic E-state index is 13.2. The largest absolute Gasteiger partial charge is 0.271 e. The zero-order valence-electron chi connectivity index (χ0n) is 17.7. The Hall–Kier alpha value is -2.43. The molecule has 11 heteroatoms. The molecule has 3 aromatic carbocycles. The highest BCUT2D eigenvalue weighted by Gasteiger charge is 2.20. The van der Waals surface area contributed by atoms with Crippen molar-refractivity contribution in [2.45, 2.75) is 23.2 Å². The number of sulfonamides is 1. The lowest BCUT2D eigenvalue weighted by Crippen LogP contribution is -2.26. The SMILES string of the molecule is O=S(=O)(Cc1ccccc1)NCc1nnc(SCc2ccc(F)cc2)n1-c1cc(Cl)ccc1Cl. The van der Waals surface area contributed by atoms with Crippen molar-refractivity contribution >= 4 is 45.0 Å². The summed E-state index contributed by atoms with van der Waals surface area (Å²) in [5.74, 6) is 0.373. The van der Waals surface area contributed by atoms with Crippen LogP contribution in [0.5, 0.6) is 0 Å². The third-order valence-electron chi connectivity index (χ3n) is 4.78. The molecular weight excluding hydrogens is 518 g/mol. The molecule has 0 aliphatic heterocycles. The van der Waals surface area contributed by atoms with Crippen LogP contribution in [0.25, 0.3) is 5.69 Å². The fourth-order valence-electron chi connectivity index (χ4n) is 3.16. The number of hydrogen-bond donors (Lipinski definition) is 1. The van der Waals surface area contributed by atoms with Crippen molar-refractivity contribution in [3.8, 4) is 5.69 Å². The predicted molar refractivity (Wildman–Crippen MR) is 133 cm³/mol. The second-order valence-electron chi connectivity index (χ2n) is 7.31. The molecule has 1 heterocycles. The zero-order chi connectivity index (χ0) is 24.1. The van der Waals surface area contributed by atoms with E-state index in [9.17, 15) is 12.8 Å². The van der Waals surface area contributed by atoms with Gasteiger partial charge in [-0.05, 0) is 41.5 Å². The van der Waals surface area contributed by atoms with Crippen LogP contribution in [0, 0.1) is 5.82 Å². The van der Waals surface area contributed by atoms with E-state index in [0.717, 1.165) is 5.56 Å². The molecule has 1 N–H and O–H groups in total. The lowest BCUT2D eigenvalue weighted by molar-refractivity contribution is 0.577. The Balaban J connectivity index is 1.60. The van der Waals surface area contributed by atoms with E-state index in [4.69, 9.17) is 23.2 Å². The number of rotatable bonds is 9. The predicted octanol–water partition coefficient (Wildman–Crippen LogP) is 5.63. The van der Waals surface area contributed by atoms with Crippen LogP contribution >= 0.6 is 35.0 Å². The van der Waals surface area contributed by atoms with E-state index >= 15 is 0 Å². The van der Waals surface area contributed by atoms with E-state index in [2.05, 4.69) is 14.9 Å². The molecule has 0 spiro atoms. The molecule has 1 aromatic heterocycles. The highest BCUT2D eigenvalue weighted by atomic mass is 35.5. The summed E-state index contributed by atoms with van der Waals surface area (Å²) in [6.07, 6.45) is 0. The quantitative estimate of drug-likeness (QED) is 0.280. The van der Waals surface area contributed by atoms with Crippen molar-refractivity contribution in [3.05, 3.63) is 106 Å². The molecule has 6 nitrogen and oxygen atoms in total. The molecule has 0 saturated heterocycles. The highest BCUT2D eigenvalue weighted by molar-refractivity contribution is 7.98. The lowest BCUT2D eigenvalue weighted by Gasteiger charge is -2.13. The van der Waals surface area contributed by atoms with E-state index in [1.54, 1.807) is 59.2 Å². The zero-order valence-corrected chi connectivity index (χ0v) is 20.8. The Bertz CT molecular complexity index is 1380. The topological polar surface area (TPSA) is 76.9 Å². The van der Waals surface area contributed by atoms with Crippen molar-refractivity contribution in [3.63, 3.8) is 0 Å². The number of benzene rings is 3. The van der Waals surface area contributed by atoms with Gasteiger partial charge < -0.3 is 0 Å². The second kappa shape index (κ2) is 10.9. The number of aromatic nitrogens is 3. The van der Waals surface area contributed by atoms with Gasteiger partial charge in [0, 0.05) is 10.8 Å². The van der Waals surface area contributed by atoms with Crippen molar-refractivity contribution < 1.29 is 12.8 Å². The van der Waals surface area contributed by atoms with Crippen LogP contribution in [-0.2, 0) is 28.1 Å². The van der Waals surface area contributed by atoms with Gasteiger partial charge in [0.1, 0.15) is 5.82 Å². The average molecular weight is 537 g/mol. The Morgan fingerprint density at radius 2 is 1.68 bits per heavy atom. The van der Waals surface area contributed by atoms with E-state index < -0.39 is 10.0 Å². The molecule has 0 radical (unpaired) electrons. The Morgan fingerprint density at radius 3 is 2.41 bits per heavy atom. The molecule has 0 unspecified atom stereocenters. The Labute approximate surface area is 211 Å². The molecule has 0 fully saturated rings. The van der Waals surface area contributed by atoms with Gasteiger partial charge in [0.25, 0.3) is 0 Å². The van der Waals surface area contributed by atoms with E-state index in [1.165, 1.54) is 23.9 Å². The first-order chi connectivity index (χ1) is 16.3. The molecule has 0 aliphatic carbocycles. The monoisotopic (exact) mass is 536 g/mol. The van der Waals surface area contributed by atoms with Crippen LogP contribution in [0.15, 0.2) is 78.0 Å². The summed E-state index contributed by atoms with van der Waals surface area (Å²) in [5.41, 5.74) is 2.09. The van der Waals surface area contributed by atoms with Crippen LogP contribution in [0.4, 0.5) is 4.39 Å². The molecule has 0 atom stereocenters. The maximum absolute atomic E-state index is 13.2. The fraction of sp³-hybridized carbons (Fsp3) is 0.130. The molecule has 0 aliphatic rings. The van der Waals surface area contributed by atoms with Crippen LogP contribution < -0.4 is 4.72 Å². The molecule has 176 valence electrons. The van der Waals surface area contributed by atoms with Gasteiger partial charge in [-0.15, -0.1) is 10.2 Å². The summed E-state index contributed by atoms with van der Waals surface area (Å²) in [7, 11) is -3.63. The Kier molecular flexibility index (Phi) is 7.90. The summed E-state index contributed by atoms with van der Waals surface area (Å²) in [4.78, 5) is 0. The summed E-state index contributed by atoms with van der Waals surface area (Å²) in [5, 5.41) is 9.80. The molecule has 4 rings (SSSR count). The summed E-state index contributed by atoms with van der Waals surface area (Å²) in [6.45, 7) is -0.0951.